The summed E-state index contributed by atoms with van der Waals surface area (Å²) >= 11 is 0. The number of amides is 1. The van der Waals surface area contributed by atoms with E-state index in [-0.39, 0.29) is 30.4 Å². The van der Waals surface area contributed by atoms with Gasteiger partial charge in [0.2, 0.25) is 0 Å². The summed E-state index contributed by atoms with van der Waals surface area (Å²) in [6.45, 7) is 3.84. The molecule has 0 aliphatic rings. The van der Waals surface area contributed by atoms with Gasteiger partial charge in [-0.1, -0.05) is 11.5 Å². The maximum atomic E-state index is 13.6. The highest BCUT2D eigenvalue weighted by atomic mass is 19.1. The summed E-state index contributed by atoms with van der Waals surface area (Å²) in [5.74, 6) is 0.191. The smallest absolute Gasteiger partial charge is 0.373 e. The van der Waals surface area contributed by atoms with Gasteiger partial charge in [-0.25, -0.2) is 0 Å². The van der Waals surface area contributed by atoms with Crippen LogP contribution in [0.1, 0.15) is 19.4 Å². The molecular formula is C19H27BFN3O3. The largest absolute Gasteiger partial charge is 0.508 e. The van der Waals surface area contributed by atoms with E-state index in [0.717, 1.165) is 0 Å². The van der Waals surface area contributed by atoms with Gasteiger partial charge in [-0.15, -0.1) is 0 Å². The van der Waals surface area contributed by atoms with Crippen molar-refractivity contribution >= 4 is 12.9 Å². The Morgan fingerprint density at radius 2 is 2.11 bits per heavy atom. The highest BCUT2D eigenvalue weighted by molar-refractivity contribution is 6.58. The molecule has 0 saturated heterocycles. The molecule has 0 aromatic heterocycles. The number of carbonyl (C=O) groups excluding carboxylic acids is 1. The number of hydrogen-bond donors (Lipinski definition) is 4. The van der Waals surface area contributed by atoms with Gasteiger partial charge in [0.1, 0.15) is 11.5 Å². The molecule has 1 aromatic carbocycles. The molecular weight excluding hydrogens is 348 g/mol. The van der Waals surface area contributed by atoms with Gasteiger partial charge in [-0.3, -0.25) is 4.79 Å². The molecule has 146 valence electrons. The first kappa shape index (κ1) is 22.3. The van der Waals surface area contributed by atoms with Crippen molar-refractivity contribution in [3.63, 3.8) is 0 Å². The van der Waals surface area contributed by atoms with Crippen LogP contribution in [0.2, 0.25) is 6.82 Å². The van der Waals surface area contributed by atoms with Gasteiger partial charge < -0.3 is 30.9 Å². The van der Waals surface area contributed by atoms with Crippen LogP contribution in [0.4, 0.5) is 4.32 Å². The zero-order valence-electron chi connectivity index (χ0n) is 16.2. The molecule has 0 spiro atoms. The fourth-order valence-electron chi connectivity index (χ4n) is 2.44. The summed E-state index contributed by atoms with van der Waals surface area (Å²) in [5, 5.41) is 12.3. The quantitative estimate of drug-likeness (QED) is 0.316. The number of phenols is 1. The molecule has 0 bridgehead atoms. The van der Waals surface area contributed by atoms with Crippen molar-refractivity contribution in [1.29, 1.82) is 0 Å². The lowest BCUT2D eigenvalue weighted by Gasteiger charge is -2.13. The number of carbonyl (C=O) groups is 1. The fourth-order valence-corrected chi connectivity index (χ4v) is 2.44. The van der Waals surface area contributed by atoms with Crippen LogP contribution in [-0.4, -0.2) is 31.7 Å². The third kappa shape index (κ3) is 6.18. The van der Waals surface area contributed by atoms with Gasteiger partial charge in [-0.05, 0) is 44.5 Å². The summed E-state index contributed by atoms with van der Waals surface area (Å²) in [5.41, 5.74) is 13.9. The number of nitrogens with one attached hydrogen (secondary N) is 1. The molecule has 1 aromatic rings. The number of aromatic hydroxyl groups is 1. The summed E-state index contributed by atoms with van der Waals surface area (Å²) in [6.07, 6.45) is 3.09. The summed E-state index contributed by atoms with van der Waals surface area (Å²) < 4.78 is 18.8. The van der Waals surface area contributed by atoms with E-state index in [9.17, 15) is 14.2 Å². The van der Waals surface area contributed by atoms with E-state index in [2.05, 4.69) is 5.32 Å². The Labute approximate surface area is 159 Å². The van der Waals surface area contributed by atoms with E-state index in [0.29, 0.717) is 27.9 Å². The highest BCUT2D eigenvalue weighted by Gasteiger charge is 2.16. The normalized spacial score (nSPS) is 13.1. The third-order valence-corrected chi connectivity index (χ3v) is 4.22. The lowest BCUT2D eigenvalue weighted by Crippen LogP contribution is -2.25. The SMILES string of the molecule is CC=C(/C=C(N)\C(CN)=C(/C)B(C)F)C(=O)NCc1ccc(O)cc1OC. The zero-order valence-corrected chi connectivity index (χ0v) is 16.2. The average molecular weight is 375 g/mol. The second kappa shape index (κ2) is 10.4. The Morgan fingerprint density at radius 1 is 1.44 bits per heavy atom. The molecule has 0 atom stereocenters. The number of nitrogens with two attached hydrogens (primary N) is 2. The van der Waals surface area contributed by atoms with Gasteiger partial charge in [-0.2, -0.15) is 0 Å². The van der Waals surface area contributed by atoms with E-state index >= 15 is 0 Å². The third-order valence-electron chi connectivity index (χ3n) is 4.22. The number of allylic oxidation sites excluding steroid dienone is 2. The van der Waals surface area contributed by atoms with E-state index in [1.807, 2.05) is 0 Å². The van der Waals surface area contributed by atoms with Gasteiger partial charge >= 0.3 is 6.99 Å². The minimum absolute atomic E-state index is 0.0744. The molecule has 6 nitrogen and oxygen atoms in total. The average Bonchev–Trinajstić information content (AvgIpc) is 2.64. The van der Waals surface area contributed by atoms with Gasteiger partial charge in [0.05, 0.1) is 7.11 Å². The van der Waals surface area contributed by atoms with Crippen molar-refractivity contribution < 1.29 is 19.0 Å². The number of methoxy groups -OCH3 is 1. The molecule has 0 saturated carbocycles. The fraction of sp³-hybridized carbons (Fsp3) is 0.316. The number of benzene rings is 1. The number of halogens is 1. The summed E-state index contributed by atoms with van der Waals surface area (Å²) in [7, 11) is 1.48. The molecule has 0 fully saturated rings. The molecule has 0 unspecified atom stereocenters. The highest BCUT2D eigenvalue weighted by Crippen LogP contribution is 2.23. The van der Waals surface area contributed by atoms with Gasteiger partial charge in [0.15, 0.2) is 0 Å². The Balaban J connectivity index is 2.97. The predicted octanol–water partition coefficient (Wildman–Crippen LogP) is 2.21. The van der Waals surface area contributed by atoms with E-state index in [4.69, 9.17) is 16.2 Å². The summed E-state index contributed by atoms with van der Waals surface area (Å²) in [6, 6.07) is 4.64. The van der Waals surface area contributed by atoms with Crippen LogP contribution >= 0.6 is 0 Å². The van der Waals surface area contributed by atoms with Crippen LogP contribution in [0.25, 0.3) is 0 Å². The van der Waals surface area contributed by atoms with Crippen molar-refractivity contribution in [3.05, 3.63) is 58.2 Å². The molecule has 0 aliphatic heterocycles. The number of phenolic OH excluding ortho intramolecular Hbond substituents is 1. The van der Waals surface area contributed by atoms with E-state index < -0.39 is 6.99 Å². The predicted molar refractivity (Wildman–Crippen MR) is 107 cm³/mol. The van der Waals surface area contributed by atoms with Crippen LogP contribution in [0.3, 0.4) is 0 Å². The first-order valence-corrected chi connectivity index (χ1v) is 8.56. The maximum Gasteiger partial charge on any atom is 0.373 e. The van der Waals surface area contributed by atoms with Crippen LogP contribution in [0.15, 0.2) is 52.7 Å². The Morgan fingerprint density at radius 3 is 2.63 bits per heavy atom. The second-order valence-corrected chi connectivity index (χ2v) is 6.00. The molecule has 0 radical (unpaired) electrons. The van der Waals surface area contributed by atoms with Crippen molar-refractivity contribution in [2.45, 2.75) is 27.2 Å². The number of rotatable bonds is 8. The Hall–Kier alpha value is -2.74. The molecule has 8 heteroatoms. The van der Waals surface area contributed by atoms with E-state index in [1.54, 1.807) is 26.0 Å². The topological polar surface area (TPSA) is 111 Å². The minimum atomic E-state index is -1.18. The lowest BCUT2D eigenvalue weighted by atomic mass is 9.65. The van der Waals surface area contributed by atoms with Gasteiger partial charge in [0, 0.05) is 36.0 Å². The monoisotopic (exact) mass is 375 g/mol. The number of hydrogen-bond acceptors (Lipinski definition) is 5. The molecule has 0 aliphatic carbocycles. The Kier molecular flexibility index (Phi) is 8.61. The first-order chi connectivity index (χ1) is 12.7. The van der Waals surface area contributed by atoms with Crippen LogP contribution in [0.5, 0.6) is 11.5 Å². The van der Waals surface area contributed by atoms with Crippen LogP contribution in [-0.2, 0) is 11.3 Å². The van der Waals surface area contributed by atoms with Crippen molar-refractivity contribution in [3.8, 4) is 11.5 Å². The number of ether oxygens (including phenoxy) is 1. The molecule has 0 heterocycles. The Bertz CT molecular complexity index is 773. The van der Waals surface area contributed by atoms with Crippen LogP contribution < -0.4 is 21.5 Å². The molecule has 1 amide bonds. The molecule has 27 heavy (non-hydrogen) atoms. The first-order valence-electron chi connectivity index (χ1n) is 8.56. The standard InChI is InChI=1S/C19H27BFN3O3/c1-5-13(8-17(23)16(10-22)12(2)20(3)21)19(26)24-11-14-6-7-15(25)9-18(14)27-4/h5-9,25H,10-11,22-23H2,1-4H3,(H,24,26)/b13-5?,16-12+,17-8+. The van der Waals surface area contributed by atoms with Gasteiger partial charge in [0.25, 0.3) is 5.91 Å². The van der Waals surface area contributed by atoms with Crippen molar-refractivity contribution in [2.24, 2.45) is 11.5 Å². The zero-order chi connectivity index (χ0) is 20.6. The second-order valence-electron chi connectivity index (χ2n) is 6.00. The lowest BCUT2D eigenvalue weighted by molar-refractivity contribution is -0.117. The maximum absolute atomic E-state index is 13.6. The molecule has 1 rings (SSSR count). The van der Waals surface area contributed by atoms with Crippen molar-refractivity contribution in [2.75, 3.05) is 13.7 Å². The summed E-state index contributed by atoms with van der Waals surface area (Å²) in [4.78, 5) is 12.5. The molecule has 6 N–H and O–H groups in total. The van der Waals surface area contributed by atoms with Crippen LogP contribution in [0, 0.1) is 0 Å². The minimum Gasteiger partial charge on any atom is -0.508 e. The van der Waals surface area contributed by atoms with Crippen molar-refractivity contribution in [1.82, 2.24) is 5.32 Å². The van der Waals surface area contributed by atoms with E-state index in [1.165, 1.54) is 32.1 Å².